The summed E-state index contributed by atoms with van der Waals surface area (Å²) < 4.78 is 43.2. The molecule has 5 nitrogen and oxygen atoms in total. The summed E-state index contributed by atoms with van der Waals surface area (Å²) in [5, 5.41) is 7.42. The van der Waals surface area contributed by atoms with Crippen molar-refractivity contribution >= 4 is 41.3 Å². The molecule has 0 aliphatic carbocycles. The maximum absolute atomic E-state index is 12.6. The fourth-order valence-corrected chi connectivity index (χ4v) is 2.83. The zero-order chi connectivity index (χ0) is 19.0. The average molecular weight is 514 g/mol. The van der Waals surface area contributed by atoms with Crippen molar-refractivity contribution in [1.29, 1.82) is 0 Å². The Kier molecular flexibility index (Phi) is 9.84. The van der Waals surface area contributed by atoms with E-state index in [1.54, 1.807) is 0 Å². The van der Waals surface area contributed by atoms with Gasteiger partial charge in [0, 0.05) is 11.9 Å². The van der Waals surface area contributed by atoms with Crippen LogP contribution in [-0.4, -0.2) is 24.1 Å². The van der Waals surface area contributed by atoms with Gasteiger partial charge in [0.1, 0.15) is 10.8 Å². The molecule has 27 heavy (non-hydrogen) atoms. The van der Waals surface area contributed by atoms with E-state index in [0.29, 0.717) is 30.7 Å². The van der Waals surface area contributed by atoms with Crippen molar-refractivity contribution in [2.45, 2.75) is 33.1 Å². The molecule has 2 rings (SSSR count). The lowest BCUT2D eigenvalue weighted by atomic mass is 10.2. The van der Waals surface area contributed by atoms with E-state index in [-0.39, 0.29) is 30.5 Å². The molecule has 1 heterocycles. The summed E-state index contributed by atoms with van der Waals surface area (Å²) in [6, 6.07) is 7.62. The number of rotatable bonds is 7. The molecular weight excluding hydrogens is 492 g/mol. The molecule has 0 radical (unpaired) electrons. The summed E-state index contributed by atoms with van der Waals surface area (Å²) in [6.07, 6.45) is -4.42. The number of halogens is 4. The van der Waals surface area contributed by atoms with Crippen molar-refractivity contribution in [3.63, 3.8) is 0 Å². The van der Waals surface area contributed by atoms with Gasteiger partial charge < -0.3 is 15.4 Å². The number of nitrogens with one attached hydrogen (secondary N) is 2. The highest BCUT2D eigenvalue weighted by atomic mass is 127. The van der Waals surface area contributed by atoms with Crippen molar-refractivity contribution in [3.8, 4) is 5.75 Å². The Hall–Kier alpha value is -1.56. The van der Waals surface area contributed by atoms with Crippen LogP contribution in [0.3, 0.4) is 0 Å². The predicted molar refractivity (Wildman–Crippen MR) is 112 cm³/mol. The first-order valence-electron chi connectivity index (χ1n) is 8.18. The summed E-state index contributed by atoms with van der Waals surface area (Å²) >= 11 is 0.965. The molecule has 0 fully saturated rings. The molecule has 0 spiro atoms. The minimum atomic E-state index is -4.42. The summed E-state index contributed by atoms with van der Waals surface area (Å²) in [5.74, 6) is 1.29. The van der Waals surface area contributed by atoms with Crippen LogP contribution < -0.4 is 15.4 Å². The zero-order valence-corrected chi connectivity index (χ0v) is 18.1. The van der Waals surface area contributed by atoms with E-state index in [1.165, 1.54) is 0 Å². The number of ether oxygens (including phenoxy) is 1. The summed E-state index contributed by atoms with van der Waals surface area (Å²) in [6.45, 7) is 5.65. The fourth-order valence-electron chi connectivity index (χ4n) is 2.09. The van der Waals surface area contributed by atoms with E-state index in [2.05, 4.69) is 20.6 Å². The van der Waals surface area contributed by atoms with Crippen LogP contribution >= 0.6 is 35.3 Å². The molecule has 150 valence electrons. The summed E-state index contributed by atoms with van der Waals surface area (Å²) in [5.41, 5.74) is 0.107. The van der Waals surface area contributed by atoms with Gasteiger partial charge in [0.2, 0.25) is 0 Å². The van der Waals surface area contributed by atoms with Gasteiger partial charge in [0.25, 0.3) is 0 Å². The molecule has 0 atom stereocenters. The molecule has 2 aromatic rings. The average Bonchev–Trinajstić information content (AvgIpc) is 3.07. The van der Waals surface area contributed by atoms with E-state index in [1.807, 2.05) is 38.1 Å². The smallest absolute Gasteiger partial charge is 0.434 e. The molecule has 0 unspecified atom stereocenters. The van der Waals surface area contributed by atoms with Gasteiger partial charge in [-0.05, 0) is 31.5 Å². The number of hydrogen-bond donors (Lipinski definition) is 2. The number of aromatic nitrogens is 1. The van der Waals surface area contributed by atoms with Crippen LogP contribution in [0, 0.1) is 0 Å². The van der Waals surface area contributed by atoms with Gasteiger partial charge in [-0.25, -0.2) is 9.98 Å². The minimum Gasteiger partial charge on any atom is -0.494 e. The lowest BCUT2D eigenvalue weighted by molar-refractivity contribution is -0.140. The molecule has 0 aliphatic rings. The second-order valence-corrected chi connectivity index (χ2v) is 6.20. The van der Waals surface area contributed by atoms with Crippen molar-refractivity contribution in [2.24, 2.45) is 4.99 Å². The quantitative estimate of drug-likeness (QED) is 0.326. The van der Waals surface area contributed by atoms with Gasteiger partial charge in [0.05, 0.1) is 19.7 Å². The van der Waals surface area contributed by atoms with Crippen LogP contribution in [0.25, 0.3) is 0 Å². The number of benzene rings is 1. The largest absolute Gasteiger partial charge is 0.494 e. The Morgan fingerprint density at radius 1 is 1.26 bits per heavy atom. The van der Waals surface area contributed by atoms with Crippen LogP contribution in [0.2, 0.25) is 0 Å². The van der Waals surface area contributed by atoms with Gasteiger partial charge in [-0.3, -0.25) is 0 Å². The van der Waals surface area contributed by atoms with Crippen molar-refractivity contribution < 1.29 is 17.9 Å². The Balaban J connectivity index is 0.00000364. The first kappa shape index (κ1) is 23.5. The Labute approximate surface area is 177 Å². The fraction of sp³-hybridized carbons (Fsp3) is 0.412. The molecule has 1 aromatic carbocycles. The Morgan fingerprint density at radius 3 is 2.67 bits per heavy atom. The second-order valence-electron chi connectivity index (χ2n) is 5.25. The van der Waals surface area contributed by atoms with Crippen LogP contribution in [0.1, 0.15) is 30.1 Å². The number of nitrogens with zero attached hydrogens (tertiary/aromatic N) is 2. The molecule has 0 bridgehead atoms. The van der Waals surface area contributed by atoms with Crippen LogP contribution in [0.5, 0.6) is 5.75 Å². The molecule has 0 saturated carbocycles. The van der Waals surface area contributed by atoms with Crippen LogP contribution in [0.15, 0.2) is 34.6 Å². The van der Waals surface area contributed by atoms with Crippen molar-refractivity contribution in [3.05, 3.63) is 45.9 Å². The normalized spacial score (nSPS) is 11.7. The highest BCUT2D eigenvalue weighted by molar-refractivity contribution is 14.0. The molecule has 2 N–H and O–H groups in total. The SMILES string of the molecule is CCNC(=NCc1cccc(OCC)c1)NCc1nc(C(F)(F)F)cs1.I. The van der Waals surface area contributed by atoms with Gasteiger partial charge in [-0.2, -0.15) is 13.2 Å². The highest BCUT2D eigenvalue weighted by Gasteiger charge is 2.33. The topological polar surface area (TPSA) is 58.5 Å². The lowest BCUT2D eigenvalue weighted by Crippen LogP contribution is -2.36. The minimum absolute atomic E-state index is 0. The third kappa shape index (κ3) is 7.91. The predicted octanol–water partition coefficient (Wildman–Crippen LogP) is 4.43. The second kappa shape index (κ2) is 11.3. The standard InChI is InChI=1S/C17H21F3N4OS.HI/c1-3-21-16(22-9-12-6-5-7-13(8-12)25-4-2)23-10-15-24-14(11-26-15)17(18,19)20;/h5-8,11H,3-4,9-10H2,1-2H3,(H2,21,22,23);1H. The van der Waals surface area contributed by atoms with E-state index >= 15 is 0 Å². The number of alkyl halides is 3. The van der Waals surface area contributed by atoms with E-state index < -0.39 is 11.9 Å². The molecular formula is C17H22F3IN4OS. The van der Waals surface area contributed by atoms with Gasteiger partial charge in [-0.1, -0.05) is 12.1 Å². The third-order valence-corrected chi connectivity index (χ3v) is 4.07. The van der Waals surface area contributed by atoms with Crippen molar-refractivity contribution in [1.82, 2.24) is 15.6 Å². The lowest BCUT2D eigenvalue weighted by Gasteiger charge is -2.10. The first-order chi connectivity index (χ1) is 12.4. The molecule has 10 heteroatoms. The first-order valence-corrected chi connectivity index (χ1v) is 9.05. The van der Waals surface area contributed by atoms with Crippen molar-refractivity contribution in [2.75, 3.05) is 13.2 Å². The molecule has 0 aliphatic heterocycles. The third-order valence-electron chi connectivity index (χ3n) is 3.22. The van der Waals surface area contributed by atoms with E-state index in [0.717, 1.165) is 28.0 Å². The van der Waals surface area contributed by atoms with E-state index in [9.17, 15) is 13.2 Å². The van der Waals surface area contributed by atoms with Gasteiger partial charge in [0.15, 0.2) is 11.7 Å². The number of hydrogen-bond acceptors (Lipinski definition) is 4. The number of thiazole rings is 1. The zero-order valence-electron chi connectivity index (χ0n) is 15.0. The van der Waals surface area contributed by atoms with Crippen LogP contribution in [0.4, 0.5) is 13.2 Å². The van der Waals surface area contributed by atoms with Gasteiger partial charge in [-0.15, -0.1) is 35.3 Å². The summed E-state index contributed by atoms with van der Waals surface area (Å²) in [7, 11) is 0. The Bertz CT molecular complexity index is 737. The molecule has 1 aromatic heterocycles. The van der Waals surface area contributed by atoms with E-state index in [4.69, 9.17) is 4.74 Å². The number of aliphatic imine (C=N–C) groups is 1. The van der Waals surface area contributed by atoms with Gasteiger partial charge >= 0.3 is 6.18 Å². The molecule has 0 saturated heterocycles. The number of guanidine groups is 1. The summed E-state index contributed by atoms with van der Waals surface area (Å²) in [4.78, 5) is 8.04. The Morgan fingerprint density at radius 2 is 2.04 bits per heavy atom. The molecule has 0 amide bonds. The monoisotopic (exact) mass is 514 g/mol. The maximum Gasteiger partial charge on any atom is 0.434 e. The maximum atomic E-state index is 12.6. The highest BCUT2D eigenvalue weighted by Crippen LogP contribution is 2.29. The van der Waals surface area contributed by atoms with Crippen LogP contribution in [-0.2, 0) is 19.3 Å².